The van der Waals surface area contributed by atoms with E-state index < -0.39 is 5.97 Å². The zero-order valence-corrected chi connectivity index (χ0v) is 16.5. The molecule has 1 aromatic carbocycles. The second-order valence-corrected chi connectivity index (χ2v) is 7.74. The molecule has 5 nitrogen and oxygen atoms in total. The Morgan fingerprint density at radius 3 is 2.68 bits per heavy atom. The highest BCUT2D eigenvalue weighted by atomic mass is 32.1. The molecule has 0 bridgehead atoms. The average Bonchev–Trinajstić information content (AvgIpc) is 3.17. The third kappa shape index (κ3) is 3.32. The van der Waals surface area contributed by atoms with Crippen LogP contribution in [-0.4, -0.2) is 42.5 Å². The van der Waals surface area contributed by atoms with Crippen LogP contribution in [0.3, 0.4) is 0 Å². The number of nitrogens with zero attached hydrogens (tertiary/aromatic N) is 2. The summed E-state index contributed by atoms with van der Waals surface area (Å²) < 4.78 is 7.97. The first-order valence-electron chi connectivity index (χ1n) is 8.99. The van der Waals surface area contributed by atoms with E-state index in [2.05, 4.69) is 0 Å². The SMILES string of the molecule is CN(C)CCOC(=O)c1cc(-c2ccccc2)c(=O)n2ccc3ccsc3c12. The monoisotopic (exact) mass is 392 g/mol. The Bertz CT molecular complexity index is 1210. The molecule has 0 amide bonds. The minimum absolute atomic E-state index is 0.152. The van der Waals surface area contributed by atoms with Gasteiger partial charge in [-0.3, -0.25) is 9.20 Å². The summed E-state index contributed by atoms with van der Waals surface area (Å²) in [4.78, 5) is 28.1. The van der Waals surface area contributed by atoms with Gasteiger partial charge in [0.15, 0.2) is 0 Å². The number of rotatable bonds is 5. The second-order valence-electron chi connectivity index (χ2n) is 6.82. The van der Waals surface area contributed by atoms with Crippen molar-refractivity contribution in [2.45, 2.75) is 0 Å². The van der Waals surface area contributed by atoms with Gasteiger partial charge >= 0.3 is 5.97 Å². The number of fused-ring (bicyclic) bond motifs is 3. The van der Waals surface area contributed by atoms with Crippen LogP contribution in [0.2, 0.25) is 0 Å². The highest BCUT2D eigenvalue weighted by Crippen LogP contribution is 2.29. The van der Waals surface area contributed by atoms with E-state index in [-0.39, 0.29) is 12.2 Å². The molecule has 3 heterocycles. The Balaban J connectivity index is 1.94. The fourth-order valence-corrected chi connectivity index (χ4v) is 4.13. The van der Waals surface area contributed by atoms with Crippen LogP contribution in [-0.2, 0) is 4.74 Å². The van der Waals surface area contributed by atoms with E-state index >= 15 is 0 Å². The lowest BCUT2D eigenvalue weighted by molar-refractivity contribution is 0.0484. The number of aromatic nitrogens is 1. The number of carbonyl (C=O) groups is 1. The van der Waals surface area contributed by atoms with Crippen molar-refractivity contribution in [1.82, 2.24) is 9.30 Å². The van der Waals surface area contributed by atoms with Gasteiger partial charge in [-0.1, -0.05) is 30.3 Å². The molecule has 0 N–H and O–H groups in total. The van der Waals surface area contributed by atoms with Crippen LogP contribution in [0.1, 0.15) is 10.4 Å². The van der Waals surface area contributed by atoms with E-state index in [1.165, 1.54) is 11.3 Å². The molecule has 0 fully saturated rings. The maximum Gasteiger partial charge on any atom is 0.340 e. The molecule has 0 radical (unpaired) electrons. The highest BCUT2D eigenvalue weighted by molar-refractivity contribution is 7.18. The second kappa shape index (κ2) is 7.58. The summed E-state index contributed by atoms with van der Waals surface area (Å²) in [5.41, 5.74) is 2.11. The minimum Gasteiger partial charge on any atom is -0.461 e. The number of ether oxygens (including phenoxy) is 1. The van der Waals surface area contributed by atoms with Crippen molar-refractivity contribution in [2.75, 3.05) is 27.2 Å². The van der Waals surface area contributed by atoms with Crippen LogP contribution in [0.4, 0.5) is 0 Å². The van der Waals surface area contributed by atoms with Crippen LogP contribution >= 0.6 is 11.3 Å². The Kier molecular flexibility index (Phi) is 4.98. The van der Waals surface area contributed by atoms with Gasteiger partial charge in [-0.2, -0.15) is 0 Å². The fraction of sp³-hybridized carbons (Fsp3) is 0.182. The first kappa shape index (κ1) is 18.4. The van der Waals surface area contributed by atoms with Crippen molar-refractivity contribution in [3.05, 3.63) is 76.0 Å². The van der Waals surface area contributed by atoms with Crippen molar-refractivity contribution in [3.63, 3.8) is 0 Å². The first-order valence-corrected chi connectivity index (χ1v) is 9.87. The topological polar surface area (TPSA) is 51.0 Å². The number of hydrogen-bond acceptors (Lipinski definition) is 5. The summed E-state index contributed by atoms with van der Waals surface area (Å²) in [6, 6.07) is 14.9. The molecule has 3 aromatic heterocycles. The van der Waals surface area contributed by atoms with E-state index in [4.69, 9.17) is 4.74 Å². The largest absolute Gasteiger partial charge is 0.461 e. The molecule has 0 saturated carbocycles. The summed E-state index contributed by atoms with van der Waals surface area (Å²) in [7, 11) is 3.85. The molecule has 0 aliphatic rings. The smallest absolute Gasteiger partial charge is 0.340 e. The Hall–Kier alpha value is -2.96. The standard InChI is InChI=1S/C22H20N2O3S/c1-23(2)11-12-27-22(26)18-14-17(15-6-4-3-5-7-15)21(25)24-10-8-16-9-13-28-20(16)19(18)24/h3-10,13-14H,11-12H2,1-2H3. The molecule has 0 aliphatic heterocycles. The van der Waals surface area contributed by atoms with Gasteiger partial charge in [0, 0.05) is 18.3 Å². The van der Waals surface area contributed by atoms with Gasteiger partial charge < -0.3 is 9.64 Å². The molecule has 4 rings (SSSR count). The number of pyridine rings is 2. The number of hydrogen-bond donors (Lipinski definition) is 0. The summed E-state index contributed by atoms with van der Waals surface area (Å²) >= 11 is 1.51. The lowest BCUT2D eigenvalue weighted by Gasteiger charge is -2.13. The van der Waals surface area contributed by atoms with E-state index in [1.54, 1.807) is 16.7 Å². The third-order valence-corrected chi connectivity index (χ3v) is 5.56. The first-order chi connectivity index (χ1) is 13.6. The quantitative estimate of drug-likeness (QED) is 0.484. The van der Waals surface area contributed by atoms with Crippen LogP contribution in [0.25, 0.3) is 26.7 Å². The van der Waals surface area contributed by atoms with Gasteiger partial charge in [-0.05, 0) is 48.6 Å². The maximum absolute atomic E-state index is 13.2. The molecule has 0 unspecified atom stereocenters. The molecule has 0 spiro atoms. The molecule has 0 saturated heterocycles. The number of likely N-dealkylation sites (N-methyl/N-ethyl adjacent to an activating group) is 1. The van der Waals surface area contributed by atoms with E-state index in [0.29, 0.717) is 23.2 Å². The van der Waals surface area contributed by atoms with Gasteiger partial charge in [0.2, 0.25) is 0 Å². The van der Waals surface area contributed by atoms with Crippen LogP contribution in [0.5, 0.6) is 0 Å². The Morgan fingerprint density at radius 1 is 1.14 bits per heavy atom. The predicted octanol–water partition coefficient (Wildman–Crippen LogP) is 3.90. The zero-order chi connectivity index (χ0) is 19.7. The summed E-state index contributed by atoms with van der Waals surface area (Å²) in [6.45, 7) is 0.925. The van der Waals surface area contributed by atoms with Gasteiger partial charge in [-0.25, -0.2) is 4.79 Å². The van der Waals surface area contributed by atoms with Gasteiger partial charge in [-0.15, -0.1) is 11.3 Å². The molecule has 28 heavy (non-hydrogen) atoms. The van der Waals surface area contributed by atoms with Crippen molar-refractivity contribution >= 4 is 32.9 Å². The van der Waals surface area contributed by atoms with Crippen molar-refractivity contribution in [3.8, 4) is 11.1 Å². The number of esters is 1. The molecule has 142 valence electrons. The third-order valence-electron chi connectivity index (χ3n) is 4.62. The van der Waals surface area contributed by atoms with Gasteiger partial charge in [0.1, 0.15) is 6.61 Å². The van der Waals surface area contributed by atoms with E-state index in [1.807, 2.05) is 66.8 Å². The van der Waals surface area contributed by atoms with Crippen LogP contribution in [0.15, 0.2) is 64.9 Å². The zero-order valence-electron chi connectivity index (χ0n) is 15.7. The molecular weight excluding hydrogens is 372 g/mol. The van der Waals surface area contributed by atoms with E-state index in [9.17, 15) is 9.59 Å². The van der Waals surface area contributed by atoms with Crippen molar-refractivity contribution in [1.29, 1.82) is 0 Å². The summed E-state index contributed by atoms with van der Waals surface area (Å²) in [5.74, 6) is -0.419. The van der Waals surface area contributed by atoms with Crippen molar-refractivity contribution in [2.24, 2.45) is 0 Å². The molecule has 0 atom stereocenters. The van der Waals surface area contributed by atoms with Gasteiger partial charge in [0.05, 0.1) is 15.8 Å². The maximum atomic E-state index is 13.2. The van der Waals surface area contributed by atoms with Crippen molar-refractivity contribution < 1.29 is 9.53 Å². The minimum atomic E-state index is -0.419. The fourth-order valence-electron chi connectivity index (χ4n) is 3.19. The number of thiophene rings is 1. The average molecular weight is 392 g/mol. The lowest BCUT2D eigenvalue weighted by atomic mass is 10.0. The summed E-state index contributed by atoms with van der Waals surface area (Å²) in [6.07, 6.45) is 1.73. The number of benzene rings is 1. The highest BCUT2D eigenvalue weighted by Gasteiger charge is 2.20. The normalized spacial score (nSPS) is 11.4. The Morgan fingerprint density at radius 2 is 1.93 bits per heavy atom. The summed E-state index contributed by atoms with van der Waals surface area (Å²) in [5, 5.41) is 2.96. The molecule has 0 aliphatic carbocycles. The van der Waals surface area contributed by atoms with E-state index in [0.717, 1.165) is 15.6 Å². The Labute approximate surface area is 166 Å². The van der Waals surface area contributed by atoms with Gasteiger partial charge in [0.25, 0.3) is 5.56 Å². The molecule has 4 aromatic rings. The number of carbonyl (C=O) groups excluding carboxylic acids is 1. The van der Waals surface area contributed by atoms with Crippen LogP contribution in [0, 0.1) is 0 Å². The molecule has 6 heteroatoms. The lowest BCUT2D eigenvalue weighted by Crippen LogP contribution is -2.22. The molecular formula is C22H20N2O3S. The van der Waals surface area contributed by atoms with Crippen LogP contribution < -0.4 is 5.56 Å². The predicted molar refractivity (Wildman–Crippen MR) is 113 cm³/mol.